The highest BCUT2D eigenvalue weighted by atomic mass is 32.2. The van der Waals surface area contributed by atoms with E-state index in [1.165, 1.54) is 6.08 Å². The van der Waals surface area contributed by atoms with Crippen molar-refractivity contribution < 1.29 is 33.1 Å². The Labute approximate surface area is 194 Å². The lowest BCUT2D eigenvalue weighted by atomic mass is 10.1. The molecule has 2 aromatic rings. The molecule has 2 aliphatic rings. The van der Waals surface area contributed by atoms with Crippen LogP contribution in [0.15, 0.2) is 45.7 Å². The Morgan fingerprint density at radius 1 is 1.15 bits per heavy atom. The van der Waals surface area contributed by atoms with E-state index in [9.17, 15) is 19.2 Å². The Morgan fingerprint density at radius 3 is 2.70 bits per heavy atom. The molecule has 0 saturated carbocycles. The van der Waals surface area contributed by atoms with Crippen LogP contribution >= 0.6 is 11.8 Å². The molecule has 1 aromatic heterocycles. The smallest absolute Gasteiger partial charge is 0.338 e. The van der Waals surface area contributed by atoms with Crippen LogP contribution in [-0.4, -0.2) is 72.3 Å². The molecule has 33 heavy (non-hydrogen) atoms. The molecule has 0 radical (unpaired) electrons. The minimum Gasteiger partial charge on any atom is -0.462 e. The summed E-state index contributed by atoms with van der Waals surface area (Å²) < 4.78 is 16.1. The first kappa shape index (κ1) is 22.8. The molecule has 0 atom stereocenters. The third-order valence-corrected chi connectivity index (χ3v) is 6.00. The van der Waals surface area contributed by atoms with Crippen LogP contribution in [0.3, 0.4) is 0 Å². The monoisotopic (exact) mass is 470 g/mol. The zero-order valence-corrected chi connectivity index (χ0v) is 18.8. The van der Waals surface area contributed by atoms with Crippen LogP contribution in [0, 0.1) is 0 Å². The van der Waals surface area contributed by atoms with E-state index >= 15 is 0 Å². The second-order valence-electron chi connectivity index (χ2n) is 7.26. The van der Waals surface area contributed by atoms with Crippen molar-refractivity contribution in [2.75, 3.05) is 39.5 Å². The zero-order valence-electron chi connectivity index (χ0n) is 17.9. The molecule has 2 fully saturated rings. The summed E-state index contributed by atoms with van der Waals surface area (Å²) in [6.07, 6.45) is 1.48. The van der Waals surface area contributed by atoms with E-state index in [4.69, 9.17) is 13.9 Å². The number of esters is 1. The normalized spacial score (nSPS) is 17.7. The molecule has 10 heteroatoms. The number of rotatable bonds is 6. The minimum atomic E-state index is -0.533. The Kier molecular flexibility index (Phi) is 6.95. The van der Waals surface area contributed by atoms with Gasteiger partial charge in [-0.1, -0.05) is 12.1 Å². The van der Waals surface area contributed by atoms with Crippen LogP contribution in [0.4, 0.5) is 4.79 Å². The van der Waals surface area contributed by atoms with Crippen molar-refractivity contribution >= 4 is 40.9 Å². The number of carbonyl (C=O) groups excluding carboxylic acids is 4. The molecule has 0 bridgehead atoms. The molecule has 2 aliphatic heterocycles. The number of benzene rings is 1. The zero-order chi connectivity index (χ0) is 23.4. The summed E-state index contributed by atoms with van der Waals surface area (Å²) in [5, 5.41) is -0.498. The van der Waals surface area contributed by atoms with E-state index in [0.717, 1.165) is 16.7 Å². The number of amides is 3. The van der Waals surface area contributed by atoms with Crippen LogP contribution in [0.5, 0.6) is 0 Å². The van der Waals surface area contributed by atoms with Gasteiger partial charge in [0.1, 0.15) is 18.1 Å². The summed E-state index contributed by atoms with van der Waals surface area (Å²) in [5.41, 5.74) is 1.07. The van der Waals surface area contributed by atoms with Gasteiger partial charge in [-0.25, -0.2) is 4.79 Å². The minimum absolute atomic E-state index is 0.177. The highest BCUT2D eigenvalue weighted by Crippen LogP contribution is 2.33. The van der Waals surface area contributed by atoms with Gasteiger partial charge in [0.05, 0.1) is 30.3 Å². The molecule has 172 valence electrons. The van der Waals surface area contributed by atoms with Gasteiger partial charge in [-0.3, -0.25) is 19.3 Å². The van der Waals surface area contributed by atoms with Crippen LogP contribution in [-0.2, 0) is 19.1 Å². The molecule has 0 spiro atoms. The Bertz CT molecular complexity index is 1120. The van der Waals surface area contributed by atoms with Gasteiger partial charge >= 0.3 is 5.97 Å². The van der Waals surface area contributed by atoms with Crippen molar-refractivity contribution in [1.82, 2.24) is 9.80 Å². The van der Waals surface area contributed by atoms with Gasteiger partial charge < -0.3 is 18.8 Å². The standard InChI is InChI=1S/C23H22N2O7S/c1-2-31-22(28)16-5-3-4-15(12-16)18-7-6-17(32-18)13-19-21(27)25(23(29)33-19)14-20(26)24-8-10-30-11-9-24/h3-7,12-13H,2,8-11,14H2,1H3/b19-13-. The maximum absolute atomic E-state index is 12.7. The van der Waals surface area contributed by atoms with Crippen LogP contribution < -0.4 is 0 Å². The van der Waals surface area contributed by atoms with E-state index < -0.39 is 17.1 Å². The number of hydrogen-bond acceptors (Lipinski definition) is 8. The summed E-state index contributed by atoms with van der Waals surface area (Å²) in [4.78, 5) is 52.2. The number of imide groups is 1. The lowest BCUT2D eigenvalue weighted by molar-refractivity contribution is -0.139. The van der Waals surface area contributed by atoms with Crippen molar-refractivity contribution in [2.45, 2.75) is 6.92 Å². The molecule has 9 nitrogen and oxygen atoms in total. The molecule has 0 N–H and O–H groups in total. The fourth-order valence-electron chi connectivity index (χ4n) is 3.41. The fourth-order valence-corrected chi connectivity index (χ4v) is 4.23. The lowest BCUT2D eigenvalue weighted by Crippen LogP contribution is -2.46. The molecule has 0 unspecified atom stereocenters. The quantitative estimate of drug-likeness (QED) is 0.469. The van der Waals surface area contributed by atoms with Crippen molar-refractivity contribution in [3.63, 3.8) is 0 Å². The first-order valence-corrected chi connectivity index (χ1v) is 11.3. The van der Waals surface area contributed by atoms with Crippen LogP contribution in [0.2, 0.25) is 0 Å². The largest absolute Gasteiger partial charge is 0.462 e. The number of nitrogens with zero attached hydrogens (tertiary/aromatic N) is 2. The van der Waals surface area contributed by atoms with Gasteiger partial charge in [0.2, 0.25) is 5.91 Å². The summed E-state index contributed by atoms with van der Waals surface area (Å²) in [6.45, 7) is 3.48. The maximum atomic E-state index is 12.7. The van der Waals surface area contributed by atoms with E-state index in [-0.39, 0.29) is 24.0 Å². The Hall–Kier alpha value is -3.37. The molecular formula is C23H22N2O7S. The molecule has 4 rings (SSSR count). The summed E-state index contributed by atoms with van der Waals surface area (Å²) in [6, 6.07) is 10.2. The van der Waals surface area contributed by atoms with Crippen LogP contribution in [0.1, 0.15) is 23.0 Å². The number of ether oxygens (including phenoxy) is 2. The van der Waals surface area contributed by atoms with Crippen LogP contribution in [0.25, 0.3) is 17.4 Å². The van der Waals surface area contributed by atoms with Gasteiger partial charge in [0.15, 0.2) is 0 Å². The number of carbonyl (C=O) groups is 4. The fraction of sp³-hybridized carbons (Fsp3) is 0.304. The van der Waals surface area contributed by atoms with Crippen molar-refractivity contribution in [2.24, 2.45) is 0 Å². The van der Waals surface area contributed by atoms with Gasteiger partial charge in [-0.05, 0) is 43.0 Å². The number of hydrogen-bond donors (Lipinski definition) is 0. The van der Waals surface area contributed by atoms with Crippen molar-refractivity contribution in [1.29, 1.82) is 0 Å². The second-order valence-corrected chi connectivity index (χ2v) is 8.26. The summed E-state index contributed by atoms with van der Waals surface area (Å²) >= 11 is 0.764. The van der Waals surface area contributed by atoms with E-state index in [1.807, 2.05) is 0 Å². The number of thioether (sulfide) groups is 1. The van der Waals surface area contributed by atoms with E-state index in [2.05, 4.69) is 0 Å². The third-order valence-electron chi connectivity index (χ3n) is 5.09. The summed E-state index contributed by atoms with van der Waals surface area (Å²) in [5.74, 6) is -0.380. The first-order chi connectivity index (χ1) is 16.0. The van der Waals surface area contributed by atoms with E-state index in [0.29, 0.717) is 49.0 Å². The number of morpholine rings is 1. The number of furan rings is 1. The van der Waals surface area contributed by atoms with Gasteiger partial charge in [-0.15, -0.1) is 0 Å². The highest BCUT2D eigenvalue weighted by Gasteiger charge is 2.37. The average molecular weight is 471 g/mol. The first-order valence-electron chi connectivity index (χ1n) is 10.4. The van der Waals surface area contributed by atoms with E-state index in [1.54, 1.807) is 48.2 Å². The molecule has 3 amide bonds. The molecule has 0 aliphatic carbocycles. The average Bonchev–Trinajstić information content (AvgIpc) is 3.40. The van der Waals surface area contributed by atoms with Crippen molar-refractivity contribution in [3.05, 3.63) is 52.6 Å². The second kappa shape index (κ2) is 10.1. The lowest BCUT2D eigenvalue weighted by Gasteiger charge is -2.27. The van der Waals surface area contributed by atoms with Gasteiger partial charge in [-0.2, -0.15) is 0 Å². The Balaban J connectivity index is 1.46. The molecule has 2 saturated heterocycles. The topological polar surface area (TPSA) is 106 Å². The predicted molar refractivity (Wildman–Crippen MR) is 120 cm³/mol. The molecular weight excluding hydrogens is 448 g/mol. The molecule has 1 aromatic carbocycles. The molecule has 3 heterocycles. The SMILES string of the molecule is CCOC(=O)c1cccc(-c2ccc(/C=C3\SC(=O)N(CC(=O)N4CCOCC4)C3=O)o2)c1. The highest BCUT2D eigenvalue weighted by molar-refractivity contribution is 8.18. The van der Waals surface area contributed by atoms with Crippen molar-refractivity contribution in [3.8, 4) is 11.3 Å². The predicted octanol–water partition coefficient (Wildman–Crippen LogP) is 3.02. The summed E-state index contributed by atoms with van der Waals surface area (Å²) in [7, 11) is 0. The van der Waals surface area contributed by atoms with Gasteiger partial charge in [0.25, 0.3) is 11.1 Å². The Morgan fingerprint density at radius 2 is 1.94 bits per heavy atom. The third kappa shape index (κ3) is 5.18. The maximum Gasteiger partial charge on any atom is 0.338 e. The van der Waals surface area contributed by atoms with Gasteiger partial charge in [0, 0.05) is 24.7 Å².